The molecule has 2 heterocycles. The molecule has 2 aliphatic heterocycles. The molecule has 0 aromatic carbocycles. The van der Waals surface area contributed by atoms with E-state index in [2.05, 4.69) is 25.6 Å². The van der Waals surface area contributed by atoms with E-state index in [1.54, 1.807) is 0 Å². The molecule has 0 saturated carbocycles. The fourth-order valence-electron chi connectivity index (χ4n) is 3.59. The van der Waals surface area contributed by atoms with Crippen molar-refractivity contribution >= 4 is 11.8 Å². The lowest BCUT2D eigenvalue weighted by atomic mass is 9.97. The Morgan fingerprint density at radius 3 is 1.71 bits per heavy atom. The maximum Gasteiger partial charge on any atom is 0.0601 e. The first kappa shape index (κ1) is 17.6. The van der Waals surface area contributed by atoms with Crippen LogP contribution in [0, 0.1) is 11.8 Å². The summed E-state index contributed by atoms with van der Waals surface area (Å²) in [7, 11) is 0. The van der Waals surface area contributed by atoms with Gasteiger partial charge in [-0.15, -0.1) is 0 Å². The van der Waals surface area contributed by atoms with Gasteiger partial charge in [0.05, 0.1) is 12.2 Å². The van der Waals surface area contributed by atoms with Gasteiger partial charge in [-0.2, -0.15) is 11.8 Å². The first-order valence-electron chi connectivity index (χ1n) is 9.08. The van der Waals surface area contributed by atoms with Crippen LogP contribution in [0.2, 0.25) is 0 Å². The summed E-state index contributed by atoms with van der Waals surface area (Å²) in [6.45, 7) is 6.72. The maximum atomic E-state index is 5.77. The van der Waals surface area contributed by atoms with Crippen LogP contribution in [0.25, 0.3) is 0 Å². The molecule has 4 atom stereocenters. The number of thioether (sulfide) groups is 1. The van der Waals surface area contributed by atoms with Gasteiger partial charge >= 0.3 is 0 Å². The summed E-state index contributed by atoms with van der Waals surface area (Å²) in [5, 5.41) is 0. The number of hydrogen-bond acceptors (Lipinski definition) is 3. The van der Waals surface area contributed by atoms with Crippen molar-refractivity contribution in [2.24, 2.45) is 11.8 Å². The molecule has 4 unspecified atom stereocenters. The Bertz CT molecular complexity index is 234. The van der Waals surface area contributed by atoms with Crippen molar-refractivity contribution in [3.8, 4) is 0 Å². The molecule has 2 rings (SSSR count). The van der Waals surface area contributed by atoms with Crippen LogP contribution in [-0.4, -0.2) is 36.9 Å². The van der Waals surface area contributed by atoms with Crippen LogP contribution >= 0.6 is 11.8 Å². The monoisotopic (exact) mass is 314 g/mol. The molecule has 0 N–H and O–H groups in total. The molecule has 124 valence electrons. The topological polar surface area (TPSA) is 18.5 Å². The van der Waals surface area contributed by atoms with Gasteiger partial charge in [-0.1, -0.05) is 13.8 Å². The quantitative estimate of drug-likeness (QED) is 0.534. The molecule has 2 fully saturated rings. The minimum Gasteiger partial charge on any atom is -0.378 e. The highest BCUT2D eigenvalue weighted by atomic mass is 32.2. The van der Waals surface area contributed by atoms with E-state index in [0.717, 1.165) is 25.0 Å². The van der Waals surface area contributed by atoms with Crippen LogP contribution in [0.3, 0.4) is 0 Å². The third-order valence-electron chi connectivity index (χ3n) is 5.10. The standard InChI is InChI=1S/C18H34O2S/c1-15(17-9-3-11-19-17)7-5-13-21-14-6-8-16(2)18-10-4-12-20-18/h15-18H,3-14H2,1-2H3. The van der Waals surface area contributed by atoms with Crippen molar-refractivity contribution in [3.63, 3.8) is 0 Å². The van der Waals surface area contributed by atoms with Crippen LogP contribution in [0.1, 0.15) is 65.2 Å². The zero-order valence-corrected chi connectivity index (χ0v) is 14.8. The molecule has 21 heavy (non-hydrogen) atoms. The highest BCUT2D eigenvalue weighted by molar-refractivity contribution is 7.99. The summed E-state index contributed by atoms with van der Waals surface area (Å²) in [5.74, 6) is 4.16. The minimum atomic E-state index is 0.558. The van der Waals surface area contributed by atoms with E-state index in [9.17, 15) is 0 Å². The van der Waals surface area contributed by atoms with E-state index in [4.69, 9.17) is 9.47 Å². The van der Waals surface area contributed by atoms with Crippen LogP contribution in [0.15, 0.2) is 0 Å². The van der Waals surface area contributed by atoms with Gasteiger partial charge in [-0.25, -0.2) is 0 Å². The largest absolute Gasteiger partial charge is 0.378 e. The van der Waals surface area contributed by atoms with Crippen molar-refractivity contribution < 1.29 is 9.47 Å². The second-order valence-corrected chi connectivity index (χ2v) is 8.18. The molecular weight excluding hydrogens is 280 g/mol. The summed E-state index contributed by atoms with van der Waals surface area (Å²) in [6, 6.07) is 0. The number of rotatable bonds is 10. The summed E-state index contributed by atoms with van der Waals surface area (Å²) in [4.78, 5) is 0. The maximum absolute atomic E-state index is 5.77. The van der Waals surface area contributed by atoms with Gasteiger partial charge < -0.3 is 9.47 Å². The van der Waals surface area contributed by atoms with Crippen molar-refractivity contribution in [1.29, 1.82) is 0 Å². The molecular formula is C18H34O2S. The van der Waals surface area contributed by atoms with Crippen molar-refractivity contribution in [3.05, 3.63) is 0 Å². The number of hydrogen-bond donors (Lipinski definition) is 0. The Kier molecular flexibility index (Phi) is 8.49. The van der Waals surface area contributed by atoms with E-state index in [-0.39, 0.29) is 0 Å². The first-order valence-corrected chi connectivity index (χ1v) is 10.2. The Hall–Kier alpha value is 0.270. The van der Waals surface area contributed by atoms with Crippen LogP contribution < -0.4 is 0 Å². The Morgan fingerprint density at radius 2 is 1.33 bits per heavy atom. The SMILES string of the molecule is CC(CCCSCCCC(C)C1CCCO1)C1CCCO1. The second-order valence-electron chi connectivity index (χ2n) is 6.95. The van der Waals surface area contributed by atoms with Gasteiger partial charge in [0.2, 0.25) is 0 Å². The minimum absolute atomic E-state index is 0.558. The fourth-order valence-corrected chi connectivity index (χ4v) is 4.54. The molecule has 0 amide bonds. The zero-order chi connectivity index (χ0) is 14.9. The molecule has 0 radical (unpaired) electrons. The lowest BCUT2D eigenvalue weighted by molar-refractivity contribution is 0.0661. The predicted octanol–water partition coefficient (Wildman–Crippen LogP) is 4.91. The van der Waals surface area contributed by atoms with E-state index in [1.165, 1.54) is 62.9 Å². The molecule has 0 aromatic rings. The molecule has 3 heteroatoms. The van der Waals surface area contributed by atoms with Crippen molar-refractivity contribution in [2.45, 2.75) is 77.4 Å². The zero-order valence-electron chi connectivity index (χ0n) is 14.0. The first-order chi connectivity index (χ1) is 10.3. The molecule has 0 spiro atoms. The van der Waals surface area contributed by atoms with Gasteiger partial charge in [0.1, 0.15) is 0 Å². The van der Waals surface area contributed by atoms with Gasteiger partial charge in [0.25, 0.3) is 0 Å². The molecule has 2 nitrogen and oxygen atoms in total. The Morgan fingerprint density at radius 1 is 0.857 bits per heavy atom. The molecule has 0 aromatic heterocycles. The third kappa shape index (κ3) is 6.50. The third-order valence-corrected chi connectivity index (χ3v) is 6.25. The lowest BCUT2D eigenvalue weighted by Crippen LogP contribution is -2.16. The van der Waals surface area contributed by atoms with E-state index in [0.29, 0.717) is 12.2 Å². The van der Waals surface area contributed by atoms with E-state index in [1.807, 2.05) is 0 Å². The van der Waals surface area contributed by atoms with Gasteiger partial charge in [-0.05, 0) is 74.7 Å². The van der Waals surface area contributed by atoms with Crippen molar-refractivity contribution in [2.75, 3.05) is 24.7 Å². The number of ether oxygens (including phenoxy) is 2. The highest BCUT2D eigenvalue weighted by Gasteiger charge is 2.22. The van der Waals surface area contributed by atoms with Gasteiger partial charge in [0, 0.05) is 13.2 Å². The van der Waals surface area contributed by atoms with Crippen molar-refractivity contribution in [1.82, 2.24) is 0 Å². The summed E-state index contributed by atoms with van der Waals surface area (Å²) in [6.07, 6.45) is 11.6. The smallest absolute Gasteiger partial charge is 0.0601 e. The Labute approximate surface area is 135 Å². The summed E-state index contributed by atoms with van der Waals surface area (Å²) < 4.78 is 11.5. The van der Waals surface area contributed by atoms with E-state index < -0.39 is 0 Å². The van der Waals surface area contributed by atoms with Crippen LogP contribution in [-0.2, 0) is 9.47 Å². The average Bonchev–Trinajstić information content (AvgIpc) is 3.18. The summed E-state index contributed by atoms with van der Waals surface area (Å²) in [5.41, 5.74) is 0. The molecule has 0 aliphatic carbocycles. The van der Waals surface area contributed by atoms with Crippen LogP contribution in [0.4, 0.5) is 0 Å². The van der Waals surface area contributed by atoms with E-state index >= 15 is 0 Å². The van der Waals surface area contributed by atoms with Gasteiger partial charge in [-0.3, -0.25) is 0 Å². The highest BCUT2D eigenvalue weighted by Crippen LogP contribution is 2.26. The average molecular weight is 315 g/mol. The van der Waals surface area contributed by atoms with Crippen LogP contribution in [0.5, 0.6) is 0 Å². The fraction of sp³-hybridized carbons (Fsp3) is 1.00. The second kappa shape index (κ2) is 10.1. The van der Waals surface area contributed by atoms with Gasteiger partial charge in [0.15, 0.2) is 0 Å². The lowest BCUT2D eigenvalue weighted by Gasteiger charge is -2.18. The summed E-state index contributed by atoms with van der Waals surface area (Å²) >= 11 is 2.14. The molecule has 2 aliphatic rings. The molecule has 0 bridgehead atoms. The predicted molar refractivity (Wildman–Crippen MR) is 92.1 cm³/mol. The normalized spacial score (nSPS) is 28.9. The molecule has 2 saturated heterocycles. The Balaban J connectivity index is 1.39.